The molecule has 1 N–H and O–H groups in total. The van der Waals surface area contributed by atoms with Crippen molar-refractivity contribution in [1.82, 2.24) is 4.90 Å². The van der Waals surface area contributed by atoms with Gasteiger partial charge >= 0.3 is 5.97 Å². The zero-order chi connectivity index (χ0) is 14.1. The molecule has 2 atom stereocenters. The molecule has 0 bridgehead atoms. The lowest BCUT2D eigenvalue weighted by atomic mass is 10.0. The van der Waals surface area contributed by atoms with Gasteiger partial charge in [0.15, 0.2) is 0 Å². The number of hydrogen-bond acceptors (Lipinski definition) is 2. The number of nitrogens with zero attached hydrogens (tertiary/aromatic N) is 1. The van der Waals surface area contributed by atoms with E-state index in [1.54, 1.807) is 0 Å². The molecule has 0 spiro atoms. The molecule has 104 valence electrons. The van der Waals surface area contributed by atoms with Crippen LogP contribution in [0.1, 0.15) is 12.0 Å². The molecule has 1 aliphatic carbocycles. The second-order valence-electron chi connectivity index (χ2n) is 5.62. The van der Waals surface area contributed by atoms with Crippen molar-refractivity contribution < 1.29 is 9.90 Å². The van der Waals surface area contributed by atoms with Crippen LogP contribution >= 0.6 is 0 Å². The fourth-order valence-electron chi connectivity index (χ4n) is 2.91. The van der Waals surface area contributed by atoms with E-state index in [0.717, 1.165) is 19.4 Å². The van der Waals surface area contributed by atoms with Crippen LogP contribution in [0.3, 0.4) is 0 Å². The molecule has 0 heterocycles. The predicted molar refractivity (Wildman–Crippen MR) is 79.8 cm³/mol. The summed E-state index contributed by atoms with van der Waals surface area (Å²) >= 11 is 0. The van der Waals surface area contributed by atoms with Crippen LogP contribution in [0.15, 0.2) is 42.5 Å². The molecule has 3 heteroatoms. The van der Waals surface area contributed by atoms with E-state index >= 15 is 0 Å². The molecule has 20 heavy (non-hydrogen) atoms. The maximum atomic E-state index is 10.9. The highest BCUT2D eigenvalue weighted by atomic mass is 16.4. The van der Waals surface area contributed by atoms with Gasteiger partial charge in [-0.3, -0.25) is 4.79 Å². The Labute approximate surface area is 118 Å². The van der Waals surface area contributed by atoms with Crippen molar-refractivity contribution in [2.45, 2.75) is 18.9 Å². The lowest BCUT2D eigenvalue weighted by Crippen LogP contribution is -2.26. The van der Waals surface area contributed by atoms with Gasteiger partial charge in [-0.15, -0.1) is 0 Å². The molecule has 0 aromatic heterocycles. The Hall–Kier alpha value is -1.87. The highest BCUT2D eigenvalue weighted by Crippen LogP contribution is 2.35. The minimum absolute atomic E-state index is 0.160. The lowest BCUT2D eigenvalue weighted by Gasteiger charge is -2.16. The summed E-state index contributed by atoms with van der Waals surface area (Å²) in [6, 6.07) is 15.0. The smallest absolute Gasteiger partial charge is 0.308 e. The van der Waals surface area contributed by atoms with E-state index in [1.807, 2.05) is 7.05 Å². The topological polar surface area (TPSA) is 40.5 Å². The summed E-state index contributed by atoms with van der Waals surface area (Å²) in [7, 11) is 2.03. The maximum absolute atomic E-state index is 10.9. The minimum atomic E-state index is -0.660. The van der Waals surface area contributed by atoms with Crippen LogP contribution in [0, 0.1) is 5.92 Å². The fraction of sp³-hybridized carbons (Fsp3) is 0.353. The van der Waals surface area contributed by atoms with Crippen LogP contribution in [0.4, 0.5) is 0 Å². The predicted octanol–water partition coefficient (Wildman–Crippen LogP) is 2.79. The van der Waals surface area contributed by atoms with Gasteiger partial charge in [0.2, 0.25) is 0 Å². The number of aliphatic carboxylic acids is 1. The largest absolute Gasteiger partial charge is 0.481 e. The van der Waals surface area contributed by atoms with Crippen LogP contribution < -0.4 is 0 Å². The van der Waals surface area contributed by atoms with Crippen molar-refractivity contribution in [1.29, 1.82) is 0 Å². The van der Waals surface area contributed by atoms with Crippen LogP contribution in [-0.2, 0) is 11.2 Å². The third-order valence-corrected chi connectivity index (χ3v) is 4.25. The van der Waals surface area contributed by atoms with E-state index in [2.05, 4.69) is 47.4 Å². The van der Waals surface area contributed by atoms with Crippen molar-refractivity contribution in [3.63, 3.8) is 0 Å². The minimum Gasteiger partial charge on any atom is -0.481 e. The Kier molecular flexibility index (Phi) is 3.45. The average molecular weight is 269 g/mol. The Balaban J connectivity index is 1.67. The molecule has 0 saturated heterocycles. The quantitative estimate of drug-likeness (QED) is 0.907. The van der Waals surface area contributed by atoms with Gasteiger partial charge in [-0.05, 0) is 36.2 Å². The Morgan fingerprint density at radius 2 is 2.00 bits per heavy atom. The molecule has 0 radical (unpaired) electrons. The first-order chi connectivity index (χ1) is 9.66. The van der Waals surface area contributed by atoms with Crippen molar-refractivity contribution in [2.75, 3.05) is 13.6 Å². The molecule has 1 saturated carbocycles. The standard InChI is InChI=1S/C17H19NO2/c1-18(16-11-15(16)17(19)20)10-9-13-7-4-6-12-5-2-3-8-14(12)13/h2-8,15-16H,9-11H2,1H3,(H,19,20). The highest BCUT2D eigenvalue weighted by molar-refractivity contribution is 5.85. The molecule has 3 rings (SSSR count). The molecular weight excluding hydrogens is 250 g/mol. The molecule has 1 fully saturated rings. The first-order valence-corrected chi connectivity index (χ1v) is 7.06. The summed E-state index contributed by atoms with van der Waals surface area (Å²) in [5, 5.41) is 11.5. The number of hydrogen-bond donors (Lipinski definition) is 1. The second-order valence-corrected chi connectivity index (χ2v) is 5.62. The molecule has 2 unspecified atom stereocenters. The first kappa shape index (κ1) is 13.1. The van der Waals surface area contributed by atoms with Gasteiger partial charge in [-0.1, -0.05) is 42.5 Å². The number of benzene rings is 2. The van der Waals surface area contributed by atoms with E-state index in [4.69, 9.17) is 5.11 Å². The summed E-state index contributed by atoms with van der Waals surface area (Å²) in [5.41, 5.74) is 1.34. The van der Waals surface area contributed by atoms with Crippen molar-refractivity contribution in [3.8, 4) is 0 Å². The third kappa shape index (κ3) is 2.54. The van der Waals surface area contributed by atoms with Gasteiger partial charge in [-0.2, -0.15) is 0 Å². The third-order valence-electron chi connectivity index (χ3n) is 4.25. The summed E-state index contributed by atoms with van der Waals surface area (Å²) in [6.45, 7) is 0.905. The normalized spacial score (nSPS) is 21.3. The average Bonchev–Trinajstić information content (AvgIpc) is 3.25. The number of fused-ring (bicyclic) bond motifs is 1. The molecule has 3 nitrogen and oxygen atoms in total. The van der Waals surface area contributed by atoms with Gasteiger partial charge < -0.3 is 10.0 Å². The van der Waals surface area contributed by atoms with Crippen molar-refractivity contribution in [3.05, 3.63) is 48.0 Å². The zero-order valence-corrected chi connectivity index (χ0v) is 11.6. The molecule has 1 aliphatic rings. The van der Waals surface area contributed by atoms with Gasteiger partial charge in [0.25, 0.3) is 0 Å². The van der Waals surface area contributed by atoms with Gasteiger partial charge in [0.05, 0.1) is 5.92 Å². The Morgan fingerprint density at radius 3 is 2.75 bits per heavy atom. The van der Waals surface area contributed by atoms with Crippen LogP contribution in [0.2, 0.25) is 0 Å². The van der Waals surface area contributed by atoms with E-state index < -0.39 is 5.97 Å². The molecule has 0 aliphatic heterocycles. The Morgan fingerprint density at radius 1 is 1.25 bits per heavy atom. The number of carboxylic acids is 1. The van der Waals surface area contributed by atoms with Crippen LogP contribution in [-0.4, -0.2) is 35.6 Å². The number of carboxylic acid groups (broad SMARTS) is 1. The van der Waals surface area contributed by atoms with Crippen molar-refractivity contribution >= 4 is 16.7 Å². The maximum Gasteiger partial charge on any atom is 0.308 e. The van der Waals surface area contributed by atoms with Crippen LogP contribution in [0.5, 0.6) is 0 Å². The number of likely N-dealkylation sites (N-methyl/N-ethyl adjacent to an activating group) is 1. The zero-order valence-electron chi connectivity index (χ0n) is 11.6. The molecular formula is C17H19NO2. The van der Waals surface area contributed by atoms with Crippen molar-refractivity contribution in [2.24, 2.45) is 5.92 Å². The summed E-state index contributed by atoms with van der Waals surface area (Å²) in [4.78, 5) is 13.1. The SMILES string of the molecule is CN(CCc1cccc2ccccc12)C1CC1C(=O)O. The molecule has 0 amide bonds. The second kappa shape index (κ2) is 5.25. The van der Waals surface area contributed by atoms with Gasteiger partial charge in [-0.25, -0.2) is 0 Å². The van der Waals surface area contributed by atoms with Gasteiger partial charge in [0.1, 0.15) is 0 Å². The molecule has 2 aromatic carbocycles. The fourth-order valence-corrected chi connectivity index (χ4v) is 2.91. The van der Waals surface area contributed by atoms with E-state index in [0.29, 0.717) is 0 Å². The highest BCUT2D eigenvalue weighted by Gasteiger charge is 2.45. The van der Waals surface area contributed by atoms with E-state index in [9.17, 15) is 4.79 Å². The van der Waals surface area contributed by atoms with Crippen LogP contribution in [0.25, 0.3) is 10.8 Å². The van der Waals surface area contributed by atoms with Gasteiger partial charge in [0, 0.05) is 12.6 Å². The first-order valence-electron chi connectivity index (χ1n) is 7.06. The number of carbonyl (C=O) groups is 1. The summed E-state index contributed by atoms with van der Waals surface area (Å²) in [6.07, 6.45) is 1.75. The van der Waals surface area contributed by atoms with E-state index in [-0.39, 0.29) is 12.0 Å². The number of rotatable bonds is 5. The summed E-state index contributed by atoms with van der Waals surface area (Å²) in [5.74, 6) is -0.820. The van der Waals surface area contributed by atoms with E-state index in [1.165, 1.54) is 16.3 Å². The lowest BCUT2D eigenvalue weighted by molar-refractivity contribution is -0.138. The Bertz CT molecular complexity index is 632. The molecule has 2 aromatic rings. The summed E-state index contributed by atoms with van der Waals surface area (Å²) < 4.78 is 0. The monoisotopic (exact) mass is 269 g/mol.